The van der Waals surface area contributed by atoms with E-state index in [1.165, 1.54) is 18.4 Å². The topological polar surface area (TPSA) is 101 Å². The Balaban J connectivity index is 2.94. The van der Waals surface area contributed by atoms with Gasteiger partial charge in [0, 0.05) is 7.05 Å². The van der Waals surface area contributed by atoms with Gasteiger partial charge in [-0.2, -0.15) is 0 Å². The molecule has 0 aromatic carbocycles. The summed E-state index contributed by atoms with van der Waals surface area (Å²) in [5.41, 5.74) is 5.86. The van der Waals surface area contributed by atoms with Crippen molar-refractivity contribution in [3.05, 3.63) is 16.5 Å². The number of aldehydes is 1. The normalized spacial score (nSPS) is 9.56. The van der Waals surface area contributed by atoms with Crippen LogP contribution in [0, 0.1) is 0 Å². The fourth-order valence-corrected chi connectivity index (χ4v) is 2.05. The molecule has 0 radical (unpaired) electrons. The molecule has 86 valence electrons. The molecule has 0 aliphatic rings. The smallest absolute Gasteiger partial charge is 0.319 e. The van der Waals surface area contributed by atoms with Gasteiger partial charge < -0.3 is 11.1 Å². The van der Waals surface area contributed by atoms with Crippen LogP contribution in [0.4, 0.5) is 9.80 Å². The number of urea groups is 1. The van der Waals surface area contributed by atoms with E-state index in [0.717, 1.165) is 0 Å². The van der Waals surface area contributed by atoms with Gasteiger partial charge in [0.15, 0.2) is 6.29 Å². The third kappa shape index (κ3) is 2.80. The molecule has 1 heterocycles. The van der Waals surface area contributed by atoms with Crippen molar-refractivity contribution in [1.29, 1.82) is 0 Å². The van der Waals surface area contributed by atoms with Crippen LogP contribution in [0.2, 0.25) is 0 Å². The Morgan fingerprint density at radius 1 is 1.56 bits per heavy atom. The van der Waals surface area contributed by atoms with Crippen molar-refractivity contribution in [3.8, 4) is 0 Å². The van der Waals surface area contributed by atoms with Crippen molar-refractivity contribution >= 4 is 34.6 Å². The largest absolute Gasteiger partial charge is 0.369 e. The van der Waals surface area contributed by atoms with Crippen molar-refractivity contribution in [2.75, 3.05) is 12.4 Å². The summed E-state index contributed by atoms with van der Waals surface area (Å²) in [5.74, 6) is -0.521. The van der Waals surface area contributed by atoms with Crippen LogP contribution in [-0.4, -0.2) is 25.3 Å². The molecule has 1 rings (SSSR count). The molecule has 0 fully saturated rings. The fourth-order valence-electron chi connectivity index (χ4n) is 1.12. The van der Waals surface area contributed by atoms with Gasteiger partial charge in [-0.25, -0.2) is 4.79 Å². The summed E-state index contributed by atoms with van der Waals surface area (Å²) in [7, 11) is 1.47. The summed E-state index contributed by atoms with van der Waals surface area (Å²) in [6, 6.07) is -0.421. The Kier molecular flexibility index (Phi) is 4.01. The molecule has 3 amide bonds. The van der Waals surface area contributed by atoms with Gasteiger partial charge in [-0.1, -0.05) is 0 Å². The van der Waals surface area contributed by atoms with Crippen LogP contribution >= 0.6 is 11.3 Å². The van der Waals surface area contributed by atoms with Gasteiger partial charge in [0.05, 0.1) is 12.0 Å². The van der Waals surface area contributed by atoms with Crippen molar-refractivity contribution < 1.29 is 14.4 Å². The van der Waals surface area contributed by atoms with Gasteiger partial charge >= 0.3 is 6.03 Å². The zero-order valence-corrected chi connectivity index (χ0v) is 9.39. The van der Waals surface area contributed by atoms with E-state index in [1.807, 2.05) is 0 Å². The minimum Gasteiger partial charge on any atom is -0.369 e. The fraction of sp³-hybridized carbons (Fsp3) is 0.222. The highest BCUT2D eigenvalue weighted by atomic mass is 32.1. The van der Waals surface area contributed by atoms with E-state index < -0.39 is 11.9 Å². The number of carbonyl (C=O) groups excluding carboxylic acids is 3. The Hall–Kier alpha value is -1.89. The van der Waals surface area contributed by atoms with Crippen LogP contribution < -0.4 is 16.4 Å². The molecule has 0 saturated heterocycles. The van der Waals surface area contributed by atoms with Gasteiger partial charge in [0.1, 0.15) is 5.00 Å². The predicted molar refractivity (Wildman–Crippen MR) is 60.7 cm³/mol. The summed E-state index contributed by atoms with van der Waals surface area (Å²) < 4.78 is 0. The first-order chi connectivity index (χ1) is 7.58. The van der Waals surface area contributed by atoms with Crippen molar-refractivity contribution in [1.82, 2.24) is 5.32 Å². The molecule has 16 heavy (non-hydrogen) atoms. The average molecular weight is 241 g/mol. The minimum atomic E-state index is -0.521. The lowest BCUT2D eigenvalue weighted by atomic mass is 10.1. The molecule has 1 aromatic rings. The second-order valence-corrected chi connectivity index (χ2v) is 3.85. The van der Waals surface area contributed by atoms with Crippen LogP contribution in [0.1, 0.15) is 15.9 Å². The number of hydrogen-bond acceptors (Lipinski definition) is 4. The van der Waals surface area contributed by atoms with E-state index in [4.69, 9.17) is 5.73 Å². The SMILES string of the molecule is CNC(=O)Nc1scc(CC(N)=O)c1C=O. The van der Waals surface area contributed by atoms with E-state index in [0.29, 0.717) is 22.4 Å². The van der Waals surface area contributed by atoms with Crippen LogP contribution in [0.3, 0.4) is 0 Å². The lowest BCUT2D eigenvalue weighted by Crippen LogP contribution is -2.24. The Morgan fingerprint density at radius 2 is 2.25 bits per heavy atom. The molecule has 0 spiro atoms. The molecule has 0 saturated carbocycles. The molecule has 0 aliphatic carbocycles. The maximum absolute atomic E-state index is 11.1. The number of nitrogens with two attached hydrogens (primary N) is 1. The summed E-state index contributed by atoms with van der Waals surface area (Å²) in [6.45, 7) is 0. The van der Waals surface area contributed by atoms with Gasteiger partial charge in [0.25, 0.3) is 0 Å². The standard InChI is InChI=1S/C9H11N3O3S/c1-11-9(15)12-8-6(3-13)5(4-16-8)2-7(10)14/h3-4H,2H2,1H3,(H2,10,14)(H2,11,12,15). The highest BCUT2D eigenvalue weighted by Crippen LogP contribution is 2.26. The maximum atomic E-state index is 11.1. The molecule has 7 heteroatoms. The minimum absolute atomic E-state index is 0.0139. The van der Waals surface area contributed by atoms with E-state index in [2.05, 4.69) is 10.6 Å². The number of nitrogens with one attached hydrogen (secondary N) is 2. The number of hydrogen-bond donors (Lipinski definition) is 3. The first-order valence-corrected chi connectivity index (χ1v) is 5.29. The molecule has 0 aliphatic heterocycles. The highest BCUT2D eigenvalue weighted by molar-refractivity contribution is 7.15. The Morgan fingerprint density at radius 3 is 2.75 bits per heavy atom. The molecule has 0 atom stereocenters. The average Bonchev–Trinajstić information content (AvgIpc) is 2.59. The second kappa shape index (κ2) is 5.26. The number of primary amides is 1. The number of amides is 3. The molecule has 1 aromatic heterocycles. The highest BCUT2D eigenvalue weighted by Gasteiger charge is 2.14. The van der Waals surface area contributed by atoms with Crippen molar-refractivity contribution in [3.63, 3.8) is 0 Å². The molecule has 0 bridgehead atoms. The van der Waals surface area contributed by atoms with E-state index in [9.17, 15) is 14.4 Å². The zero-order chi connectivity index (χ0) is 12.1. The quantitative estimate of drug-likeness (QED) is 0.662. The molecule has 6 nitrogen and oxygen atoms in total. The summed E-state index contributed by atoms with van der Waals surface area (Å²) in [6.07, 6.45) is 0.583. The van der Waals surface area contributed by atoms with Gasteiger partial charge in [-0.05, 0) is 10.9 Å². The Labute approximate surface area is 95.8 Å². The molecular weight excluding hydrogens is 230 g/mol. The van der Waals surface area contributed by atoms with Crippen LogP contribution in [0.5, 0.6) is 0 Å². The summed E-state index contributed by atoms with van der Waals surface area (Å²) >= 11 is 1.18. The molecule has 0 unspecified atom stereocenters. The molecular formula is C9H11N3O3S. The van der Waals surface area contributed by atoms with E-state index in [1.54, 1.807) is 5.38 Å². The second-order valence-electron chi connectivity index (χ2n) is 2.97. The first-order valence-electron chi connectivity index (χ1n) is 4.41. The van der Waals surface area contributed by atoms with E-state index >= 15 is 0 Å². The number of carbonyl (C=O) groups is 3. The summed E-state index contributed by atoms with van der Waals surface area (Å²) in [5, 5.41) is 6.89. The van der Waals surface area contributed by atoms with Gasteiger partial charge in [0.2, 0.25) is 5.91 Å². The molecule has 4 N–H and O–H groups in total. The zero-order valence-electron chi connectivity index (χ0n) is 8.57. The van der Waals surface area contributed by atoms with Gasteiger partial charge in [-0.3, -0.25) is 14.9 Å². The maximum Gasteiger partial charge on any atom is 0.319 e. The van der Waals surface area contributed by atoms with Crippen molar-refractivity contribution in [2.24, 2.45) is 5.73 Å². The summed E-state index contributed by atoms with van der Waals surface area (Å²) in [4.78, 5) is 32.6. The van der Waals surface area contributed by atoms with Crippen LogP contribution in [0.25, 0.3) is 0 Å². The van der Waals surface area contributed by atoms with Crippen LogP contribution in [-0.2, 0) is 11.2 Å². The van der Waals surface area contributed by atoms with Crippen LogP contribution in [0.15, 0.2) is 5.38 Å². The third-order valence-electron chi connectivity index (χ3n) is 1.85. The van der Waals surface area contributed by atoms with Gasteiger partial charge in [-0.15, -0.1) is 11.3 Å². The lowest BCUT2D eigenvalue weighted by Gasteiger charge is -2.02. The van der Waals surface area contributed by atoms with E-state index in [-0.39, 0.29) is 6.42 Å². The first kappa shape index (κ1) is 12.2. The van der Waals surface area contributed by atoms with Crippen molar-refractivity contribution in [2.45, 2.75) is 6.42 Å². The lowest BCUT2D eigenvalue weighted by molar-refractivity contribution is -0.117. The predicted octanol–water partition coefficient (Wildman–Crippen LogP) is 0.340. The third-order valence-corrected chi connectivity index (χ3v) is 2.81. The number of anilines is 1. The monoisotopic (exact) mass is 241 g/mol. The number of thiophene rings is 1. The Bertz CT molecular complexity index is 428. The number of rotatable bonds is 4.